The van der Waals surface area contributed by atoms with Crippen LogP contribution in [0.1, 0.15) is 32.6 Å². The molecule has 0 aliphatic carbocycles. The minimum Gasteiger partial charge on any atom is -0.350 e. The van der Waals surface area contributed by atoms with Gasteiger partial charge in [0.15, 0.2) is 0 Å². The molecule has 0 aliphatic heterocycles. The van der Waals surface area contributed by atoms with Crippen LogP contribution < -0.4 is 10.6 Å². The Morgan fingerprint density at radius 1 is 0.870 bits per heavy atom. The Balaban J connectivity index is 1.83. The molecule has 0 heterocycles. The van der Waals surface area contributed by atoms with Crippen molar-refractivity contribution in [2.45, 2.75) is 27.3 Å². The van der Waals surface area contributed by atoms with Gasteiger partial charge in [-0.2, -0.15) is 0 Å². The van der Waals surface area contributed by atoms with Gasteiger partial charge in [0, 0.05) is 12.1 Å². The highest BCUT2D eigenvalue weighted by atomic mass is 16.2. The van der Waals surface area contributed by atoms with Gasteiger partial charge in [-0.15, -0.1) is 0 Å². The Bertz CT molecular complexity index is 723. The lowest BCUT2D eigenvalue weighted by Crippen LogP contribution is -2.36. The van der Waals surface area contributed by atoms with Crippen molar-refractivity contribution in [1.29, 1.82) is 0 Å². The number of carbonyl (C=O) groups is 2. The molecule has 0 bridgehead atoms. The number of nitrogens with one attached hydrogen (secondary N) is 2. The SMILES string of the molecule is Cc1ccc(C(=O)NCC(=O)NCc2ccccc2C)cc1C. The second kappa shape index (κ2) is 7.58. The predicted octanol–water partition coefficient (Wildman–Crippen LogP) is 2.66. The van der Waals surface area contributed by atoms with Gasteiger partial charge in [0.1, 0.15) is 0 Å². The number of amides is 2. The van der Waals surface area contributed by atoms with Crippen molar-refractivity contribution in [3.05, 3.63) is 70.3 Å². The van der Waals surface area contributed by atoms with E-state index in [2.05, 4.69) is 10.6 Å². The van der Waals surface area contributed by atoms with Gasteiger partial charge in [-0.3, -0.25) is 9.59 Å². The molecule has 0 radical (unpaired) electrons. The Morgan fingerprint density at radius 2 is 1.61 bits per heavy atom. The summed E-state index contributed by atoms with van der Waals surface area (Å²) in [5.74, 6) is -0.440. The van der Waals surface area contributed by atoms with E-state index in [1.54, 1.807) is 6.07 Å². The highest BCUT2D eigenvalue weighted by molar-refractivity contribution is 5.96. The van der Waals surface area contributed by atoms with Gasteiger partial charge in [0.25, 0.3) is 5.91 Å². The Kier molecular flexibility index (Phi) is 5.52. The van der Waals surface area contributed by atoms with Gasteiger partial charge in [-0.1, -0.05) is 30.3 Å². The highest BCUT2D eigenvalue weighted by Gasteiger charge is 2.09. The minimum atomic E-state index is -0.237. The van der Waals surface area contributed by atoms with Crippen LogP contribution in [0.25, 0.3) is 0 Å². The molecule has 2 N–H and O–H groups in total. The summed E-state index contributed by atoms with van der Waals surface area (Å²) in [6.07, 6.45) is 0. The molecule has 0 saturated heterocycles. The molecule has 0 atom stereocenters. The third-order valence-electron chi connectivity index (χ3n) is 3.92. The van der Waals surface area contributed by atoms with Crippen molar-refractivity contribution in [3.8, 4) is 0 Å². The van der Waals surface area contributed by atoms with E-state index in [0.717, 1.165) is 22.3 Å². The van der Waals surface area contributed by atoms with Crippen molar-refractivity contribution in [2.24, 2.45) is 0 Å². The van der Waals surface area contributed by atoms with Crippen molar-refractivity contribution in [2.75, 3.05) is 6.54 Å². The molecule has 23 heavy (non-hydrogen) atoms. The molecule has 2 rings (SSSR count). The zero-order chi connectivity index (χ0) is 16.8. The molecular weight excluding hydrogens is 288 g/mol. The van der Waals surface area contributed by atoms with Crippen LogP contribution in [0.2, 0.25) is 0 Å². The fraction of sp³-hybridized carbons (Fsp3) is 0.263. The maximum absolute atomic E-state index is 12.0. The standard InChI is InChI=1S/C19H22N2O2/c1-13-8-9-16(10-15(13)3)19(23)21-12-18(22)20-11-17-7-5-4-6-14(17)2/h4-10H,11-12H2,1-3H3,(H,20,22)(H,21,23). The molecule has 0 aromatic heterocycles. The van der Waals surface area contributed by atoms with Crippen molar-refractivity contribution < 1.29 is 9.59 Å². The normalized spacial score (nSPS) is 10.2. The van der Waals surface area contributed by atoms with E-state index in [9.17, 15) is 9.59 Å². The smallest absolute Gasteiger partial charge is 0.251 e. The molecule has 0 fully saturated rings. The van der Waals surface area contributed by atoms with E-state index in [1.165, 1.54) is 0 Å². The molecule has 2 aromatic rings. The lowest BCUT2D eigenvalue weighted by Gasteiger charge is -2.09. The molecule has 0 unspecified atom stereocenters. The first kappa shape index (κ1) is 16.7. The van der Waals surface area contributed by atoms with Crippen LogP contribution in [-0.2, 0) is 11.3 Å². The third kappa shape index (κ3) is 4.68. The predicted molar refractivity (Wildman–Crippen MR) is 91.3 cm³/mol. The maximum atomic E-state index is 12.0. The van der Waals surface area contributed by atoms with Gasteiger partial charge >= 0.3 is 0 Å². The second-order valence-electron chi connectivity index (χ2n) is 5.68. The molecule has 4 nitrogen and oxygen atoms in total. The Morgan fingerprint density at radius 3 is 2.30 bits per heavy atom. The van der Waals surface area contributed by atoms with Crippen molar-refractivity contribution in [3.63, 3.8) is 0 Å². The summed E-state index contributed by atoms with van der Waals surface area (Å²) in [6.45, 7) is 6.39. The molecule has 120 valence electrons. The topological polar surface area (TPSA) is 58.2 Å². The quantitative estimate of drug-likeness (QED) is 0.892. The average Bonchev–Trinajstić information content (AvgIpc) is 2.54. The number of benzene rings is 2. The molecular formula is C19H22N2O2. The van der Waals surface area contributed by atoms with Crippen LogP contribution in [0.4, 0.5) is 0 Å². The summed E-state index contributed by atoms with van der Waals surface area (Å²) in [6, 6.07) is 13.4. The molecule has 0 aliphatic rings. The van der Waals surface area contributed by atoms with Gasteiger partial charge in [0.2, 0.25) is 5.91 Å². The molecule has 0 spiro atoms. The summed E-state index contributed by atoms with van der Waals surface area (Å²) < 4.78 is 0. The fourth-order valence-electron chi connectivity index (χ4n) is 2.21. The molecule has 0 saturated carbocycles. The van der Waals surface area contributed by atoms with Crippen molar-refractivity contribution >= 4 is 11.8 Å². The second-order valence-corrected chi connectivity index (χ2v) is 5.68. The first-order valence-corrected chi connectivity index (χ1v) is 7.64. The van der Waals surface area contributed by atoms with E-state index >= 15 is 0 Å². The minimum absolute atomic E-state index is 0.0301. The number of rotatable bonds is 5. The van der Waals surface area contributed by atoms with Crippen LogP contribution in [-0.4, -0.2) is 18.4 Å². The summed E-state index contributed by atoms with van der Waals surface area (Å²) in [4.78, 5) is 23.9. The molecule has 2 amide bonds. The zero-order valence-corrected chi connectivity index (χ0v) is 13.8. The molecule has 4 heteroatoms. The van der Waals surface area contributed by atoms with Crippen LogP contribution in [0.5, 0.6) is 0 Å². The molecule has 2 aromatic carbocycles. The van der Waals surface area contributed by atoms with Crippen LogP contribution in [0, 0.1) is 20.8 Å². The lowest BCUT2D eigenvalue weighted by molar-refractivity contribution is -0.120. The summed E-state index contributed by atoms with van der Waals surface area (Å²) >= 11 is 0. The van der Waals surface area contributed by atoms with Crippen molar-refractivity contribution in [1.82, 2.24) is 10.6 Å². The van der Waals surface area contributed by atoms with E-state index in [4.69, 9.17) is 0 Å². The number of aryl methyl sites for hydroxylation is 3. The third-order valence-corrected chi connectivity index (χ3v) is 3.92. The number of carbonyl (C=O) groups excluding carboxylic acids is 2. The summed E-state index contributed by atoms with van der Waals surface area (Å²) in [5, 5.41) is 5.46. The summed E-state index contributed by atoms with van der Waals surface area (Å²) in [5.41, 5.74) is 4.97. The van der Waals surface area contributed by atoms with E-state index in [0.29, 0.717) is 12.1 Å². The van der Waals surface area contributed by atoms with Gasteiger partial charge in [-0.25, -0.2) is 0 Å². The van der Waals surface area contributed by atoms with E-state index in [-0.39, 0.29) is 18.4 Å². The van der Waals surface area contributed by atoms with Gasteiger partial charge in [-0.05, 0) is 55.2 Å². The first-order chi connectivity index (χ1) is 11.0. The Labute approximate surface area is 136 Å². The largest absolute Gasteiger partial charge is 0.350 e. The maximum Gasteiger partial charge on any atom is 0.251 e. The van der Waals surface area contributed by atoms with Crippen LogP contribution in [0.3, 0.4) is 0 Å². The van der Waals surface area contributed by atoms with E-state index in [1.807, 2.05) is 57.2 Å². The zero-order valence-electron chi connectivity index (χ0n) is 13.8. The average molecular weight is 310 g/mol. The lowest BCUT2D eigenvalue weighted by atomic mass is 10.1. The van der Waals surface area contributed by atoms with Gasteiger partial charge < -0.3 is 10.6 Å². The van der Waals surface area contributed by atoms with Gasteiger partial charge in [0.05, 0.1) is 6.54 Å². The number of hydrogen-bond acceptors (Lipinski definition) is 2. The monoisotopic (exact) mass is 310 g/mol. The summed E-state index contributed by atoms with van der Waals surface area (Å²) in [7, 11) is 0. The van der Waals surface area contributed by atoms with Crippen LogP contribution in [0.15, 0.2) is 42.5 Å². The fourth-order valence-corrected chi connectivity index (χ4v) is 2.21. The van der Waals surface area contributed by atoms with E-state index < -0.39 is 0 Å². The Hall–Kier alpha value is -2.62. The first-order valence-electron chi connectivity index (χ1n) is 7.64. The number of hydrogen-bond donors (Lipinski definition) is 2. The van der Waals surface area contributed by atoms with Crippen LogP contribution >= 0.6 is 0 Å². The highest BCUT2D eigenvalue weighted by Crippen LogP contribution is 2.09.